The fraction of sp³-hybridized carbons (Fsp3) is 0.438. The predicted molar refractivity (Wildman–Crippen MR) is 159 cm³/mol. The molecule has 2 aromatic rings. The molecule has 0 unspecified atom stereocenters. The predicted octanol–water partition coefficient (Wildman–Crippen LogP) is 0.964. The molecule has 5 atom stereocenters. The summed E-state index contributed by atoms with van der Waals surface area (Å²) in [4.78, 5) is 73.1. The van der Waals surface area contributed by atoms with Crippen LogP contribution in [0, 0.1) is 0 Å². The lowest BCUT2D eigenvalue weighted by atomic mass is 9.89. The molecule has 2 aromatic carbocycles. The van der Waals surface area contributed by atoms with Gasteiger partial charge in [0.05, 0.1) is 38.6 Å². The normalized spacial score (nSPS) is 21.2. The van der Waals surface area contributed by atoms with Crippen molar-refractivity contribution in [3.05, 3.63) is 60.2 Å². The third kappa shape index (κ3) is 10.7. The van der Waals surface area contributed by atoms with Crippen molar-refractivity contribution in [2.75, 3.05) is 20.3 Å². The van der Waals surface area contributed by atoms with Crippen molar-refractivity contribution >= 4 is 35.7 Å². The van der Waals surface area contributed by atoms with Gasteiger partial charge in [0.2, 0.25) is 5.91 Å². The summed E-state index contributed by atoms with van der Waals surface area (Å²) < 4.78 is 25.8. The van der Waals surface area contributed by atoms with Crippen LogP contribution in [0.2, 0.25) is 0 Å². The Bertz CT molecular complexity index is 1400. The Morgan fingerprint density at radius 1 is 0.913 bits per heavy atom. The first kappa shape index (κ1) is 35.7. The van der Waals surface area contributed by atoms with Crippen LogP contribution < -0.4 is 10.6 Å². The molecule has 0 aromatic heterocycles. The van der Waals surface area contributed by atoms with Crippen molar-refractivity contribution in [1.82, 2.24) is 10.6 Å². The number of rotatable bonds is 13. The van der Waals surface area contributed by atoms with E-state index in [-0.39, 0.29) is 25.3 Å². The molecule has 1 saturated heterocycles. The van der Waals surface area contributed by atoms with Gasteiger partial charge in [-0.3, -0.25) is 24.0 Å². The van der Waals surface area contributed by atoms with Crippen LogP contribution in [-0.2, 0) is 58.9 Å². The molecule has 2 amide bonds. The molecule has 14 nitrogen and oxygen atoms in total. The number of amides is 2. The first-order valence-electron chi connectivity index (χ1n) is 14.5. The van der Waals surface area contributed by atoms with E-state index in [1.54, 1.807) is 0 Å². The Morgan fingerprint density at radius 2 is 1.57 bits per heavy atom. The number of nitrogens with one attached hydrogen (secondary N) is 2. The minimum atomic E-state index is -2.60. The molecule has 0 bridgehead atoms. The Labute approximate surface area is 265 Å². The molecule has 0 aliphatic carbocycles. The monoisotopic (exact) mass is 642 g/mol. The molecule has 14 heteroatoms. The summed E-state index contributed by atoms with van der Waals surface area (Å²) >= 11 is 0. The zero-order valence-electron chi connectivity index (χ0n) is 26.0. The molecule has 46 heavy (non-hydrogen) atoms. The van der Waals surface area contributed by atoms with Crippen molar-refractivity contribution in [3.63, 3.8) is 0 Å². The molecule has 0 saturated carbocycles. The number of carbonyl (C=O) groups is 6. The first-order valence-corrected chi connectivity index (χ1v) is 14.5. The highest BCUT2D eigenvalue weighted by Crippen LogP contribution is 2.33. The zero-order chi connectivity index (χ0) is 33.9. The van der Waals surface area contributed by atoms with Crippen LogP contribution in [0.1, 0.15) is 39.2 Å². The van der Waals surface area contributed by atoms with Gasteiger partial charge in [-0.1, -0.05) is 54.6 Å². The Balaban J connectivity index is 1.77. The van der Waals surface area contributed by atoms with Crippen molar-refractivity contribution in [3.8, 4) is 11.1 Å². The van der Waals surface area contributed by atoms with Crippen LogP contribution >= 0.6 is 0 Å². The molecular formula is C32H38N2O12. The van der Waals surface area contributed by atoms with Gasteiger partial charge in [-0.15, -0.1) is 0 Å². The van der Waals surface area contributed by atoms with E-state index in [9.17, 15) is 33.9 Å². The van der Waals surface area contributed by atoms with Crippen LogP contribution in [0.5, 0.6) is 0 Å². The number of carbonyl (C=O) groups excluding carboxylic acids is 6. The molecule has 0 spiro atoms. The van der Waals surface area contributed by atoms with Crippen LogP contribution in [0.15, 0.2) is 54.6 Å². The van der Waals surface area contributed by atoms with Gasteiger partial charge in [-0.2, -0.15) is 0 Å². The summed E-state index contributed by atoms with van der Waals surface area (Å²) in [6.45, 7) is 2.46. The summed E-state index contributed by atoms with van der Waals surface area (Å²) in [5, 5.41) is 16.3. The van der Waals surface area contributed by atoms with Gasteiger partial charge in [0.1, 0.15) is 12.2 Å². The molecule has 3 rings (SSSR count). The second-order valence-electron chi connectivity index (χ2n) is 10.7. The van der Waals surface area contributed by atoms with E-state index in [0.717, 1.165) is 44.6 Å². The molecule has 1 fully saturated rings. The van der Waals surface area contributed by atoms with Crippen LogP contribution in [0.25, 0.3) is 11.1 Å². The largest absolute Gasteiger partial charge is 0.465 e. The van der Waals surface area contributed by atoms with Gasteiger partial charge < -0.3 is 39.4 Å². The molecule has 1 aliphatic rings. The average Bonchev–Trinajstić information content (AvgIpc) is 3.00. The SMILES string of the molecule is COC(=O)[C@@]1(O)C[C@H](OC(C)=O)[C@@H](NC(=O)COC(C)=O)[C@H](C[C@@H](CNC(=O)Cc2ccc(-c3ccccc3)cc2)OC(C)=O)O1. The molecular weight excluding hydrogens is 604 g/mol. The summed E-state index contributed by atoms with van der Waals surface area (Å²) in [7, 11) is 1.01. The maximum atomic E-state index is 12.9. The lowest BCUT2D eigenvalue weighted by Crippen LogP contribution is -2.65. The smallest absolute Gasteiger partial charge is 0.366 e. The van der Waals surface area contributed by atoms with Crippen LogP contribution in [0.3, 0.4) is 0 Å². The maximum absolute atomic E-state index is 12.9. The number of methoxy groups -OCH3 is 1. The summed E-state index contributed by atoms with van der Waals surface area (Å²) in [5.41, 5.74) is 2.75. The summed E-state index contributed by atoms with van der Waals surface area (Å²) in [6.07, 6.45) is -4.64. The lowest BCUT2D eigenvalue weighted by Gasteiger charge is -2.44. The highest BCUT2D eigenvalue weighted by molar-refractivity contribution is 5.81. The number of hydrogen-bond donors (Lipinski definition) is 3. The fourth-order valence-electron chi connectivity index (χ4n) is 4.99. The fourth-order valence-corrected chi connectivity index (χ4v) is 4.99. The van der Waals surface area contributed by atoms with Crippen molar-refractivity contribution in [2.45, 2.75) is 70.2 Å². The Morgan fingerprint density at radius 3 is 2.15 bits per heavy atom. The van der Waals surface area contributed by atoms with E-state index in [1.807, 2.05) is 54.6 Å². The van der Waals surface area contributed by atoms with E-state index in [2.05, 4.69) is 15.4 Å². The van der Waals surface area contributed by atoms with Gasteiger partial charge in [0.25, 0.3) is 11.7 Å². The quantitative estimate of drug-likeness (QED) is 0.207. The second-order valence-corrected chi connectivity index (χ2v) is 10.7. The van der Waals surface area contributed by atoms with Gasteiger partial charge in [-0.05, 0) is 16.7 Å². The molecule has 1 aliphatic heterocycles. The Kier molecular flexibility index (Phi) is 12.8. The molecule has 3 N–H and O–H groups in total. The number of benzene rings is 2. The topological polar surface area (TPSA) is 193 Å². The third-order valence-electron chi connectivity index (χ3n) is 6.96. The summed E-state index contributed by atoms with van der Waals surface area (Å²) in [5.74, 6) is -7.21. The van der Waals surface area contributed by atoms with E-state index in [0.29, 0.717) is 0 Å². The second kappa shape index (κ2) is 16.5. The van der Waals surface area contributed by atoms with E-state index in [1.165, 1.54) is 0 Å². The number of aliphatic hydroxyl groups is 1. The summed E-state index contributed by atoms with van der Waals surface area (Å²) in [6, 6.07) is 16.0. The average molecular weight is 643 g/mol. The minimum Gasteiger partial charge on any atom is -0.465 e. The van der Waals surface area contributed by atoms with Crippen molar-refractivity contribution in [2.24, 2.45) is 0 Å². The first-order chi connectivity index (χ1) is 21.8. The highest BCUT2D eigenvalue weighted by atomic mass is 16.7. The van der Waals surface area contributed by atoms with E-state index in [4.69, 9.17) is 18.9 Å². The van der Waals surface area contributed by atoms with Gasteiger partial charge in [-0.25, -0.2) is 4.79 Å². The minimum absolute atomic E-state index is 0.0211. The number of hydrogen-bond acceptors (Lipinski definition) is 12. The van der Waals surface area contributed by atoms with Crippen LogP contribution in [-0.4, -0.2) is 91.2 Å². The Hall–Kier alpha value is -4.82. The number of esters is 4. The molecule has 248 valence electrons. The zero-order valence-corrected chi connectivity index (χ0v) is 26.0. The molecule has 0 radical (unpaired) electrons. The maximum Gasteiger partial charge on any atom is 0.366 e. The van der Waals surface area contributed by atoms with E-state index >= 15 is 0 Å². The standard InChI is InChI=1S/C32H38N2O12/c1-19(35)43-18-29(39)34-30-26(46-32(41,31(40)42-4)16-27(30)45-21(3)37)15-25(44-20(2)36)17-33-28(38)14-22-10-12-24(13-11-22)23-8-6-5-7-9-23/h5-13,25-27,30,41H,14-18H2,1-4H3,(H,33,38)(H,34,39)/t25-,26-,27-,30-,32+/m0/s1. The number of ether oxygens (including phenoxy) is 5. The molecule has 1 heterocycles. The third-order valence-corrected chi connectivity index (χ3v) is 6.96. The van der Waals surface area contributed by atoms with Gasteiger partial charge >= 0.3 is 23.9 Å². The van der Waals surface area contributed by atoms with Gasteiger partial charge in [0, 0.05) is 27.2 Å². The lowest BCUT2D eigenvalue weighted by molar-refractivity contribution is -0.282. The van der Waals surface area contributed by atoms with Crippen molar-refractivity contribution in [1.29, 1.82) is 0 Å². The van der Waals surface area contributed by atoms with Crippen molar-refractivity contribution < 1.29 is 57.6 Å². The van der Waals surface area contributed by atoms with Gasteiger partial charge in [0.15, 0.2) is 6.61 Å². The highest BCUT2D eigenvalue weighted by Gasteiger charge is 2.54. The van der Waals surface area contributed by atoms with E-state index < -0.39 is 73.0 Å². The van der Waals surface area contributed by atoms with Crippen LogP contribution in [0.4, 0.5) is 0 Å².